The number of sulfonamides is 1. The summed E-state index contributed by atoms with van der Waals surface area (Å²) in [5.41, 5.74) is 2.50. The van der Waals surface area contributed by atoms with E-state index in [1.807, 2.05) is 35.0 Å². The van der Waals surface area contributed by atoms with E-state index in [0.717, 1.165) is 11.3 Å². The average Bonchev–Trinajstić information content (AvgIpc) is 3.35. The second-order valence-electron chi connectivity index (χ2n) is 8.02. The number of rotatable bonds is 7. The van der Waals surface area contributed by atoms with Crippen LogP contribution in [0.15, 0.2) is 61.2 Å². The van der Waals surface area contributed by atoms with Gasteiger partial charge in [0, 0.05) is 53.7 Å². The van der Waals surface area contributed by atoms with Crippen LogP contribution in [0.4, 0.5) is 0 Å². The molecule has 0 radical (unpaired) electrons. The number of piperidine rings is 1. The van der Waals surface area contributed by atoms with Gasteiger partial charge in [-0.05, 0) is 48.2 Å². The van der Waals surface area contributed by atoms with Crippen molar-refractivity contribution in [2.45, 2.75) is 25.1 Å². The van der Waals surface area contributed by atoms with Crippen LogP contribution in [0.25, 0.3) is 5.69 Å². The molecule has 0 atom stereocenters. The molecule has 4 rings (SSSR count). The van der Waals surface area contributed by atoms with Crippen molar-refractivity contribution in [3.8, 4) is 5.69 Å². The molecule has 0 unspecified atom stereocenters. The predicted molar refractivity (Wildman–Crippen MR) is 129 cm³/mol. The Morgan fingerprint density at radius 3 is 2.45 bits per heavy atom. The summed E-state index contributed by atoms with van der Waals surface area (Å²) in [6.45, 7) is 1.05. The molecule has 1 aromatic heterocycles. The van der Waals surface area contributed by atoms with Crippen molar-refractivity contribution in [3.05, 3.63) is 82.4 Å². The Morgan fingerprint density at radius 1 is 1.09 bits per heavy atom. The number of imidazole rings is 1. The van der Waals surface area contributed by atoms with Gasteiger partial charge in [0.15, 0.2) is 0 Å². The molecule has 0 saturated carbocycles. The number of hydrogen-bond acceptors (Lipinski definition) is 4. The fourth-order valence-electron chi connectivity index (χ4n) is 3.85. The number of carbonyl (C=O) groups excluding carboxylic acids is 1. The maximum atomic E-state index is 12.8. The van der Waals surface area contributed by atoms with Gasteiger partial charge in [0.25, 0.3) is 0 Å². The molecule has 1 amide bonds. The smallest absolute Gasteiger partial charge is 0.223 e. The van der Waals surface area contributed by atoms with Gasteiger partial charge in [-0.25, -0.2) is 17.7 Å². The molecule has 1 fully saturated rings. The molecule has 2 aromatic carbocycles. The number of hydrogen-bond donors (Lipinski definition) is 1. The summed E-state index contributed by atoms with van der Waals surface area (Å²) in [5.74, 6) is -0.443. The van der Waals surface area contributed by atoms with Crippen molar-refractivity contribution in [2.24, 2.45) is 5.92 Å². The lowest BCUT2D eigenvalue weighted by Gasteiger charge is -2.30. The molecule has 1 N–H and O–H groups in total. The number of aromatic nitrogens is 2. The lowest BCUT2D eigenvalue weighted by Crippen LogP contribution is -2.43. The van der Waals surface area contributed by atoms with E-state index in [1.54, 1.807) is 24.7 Å². The topological polar surface area (TPSA) is 84.3 Å². The number of benzene rings is 2. The van der Waals surface area contributed by atoms with Crippen molar-refractivity contribution < 1.29 is 13.2 Å². The van der Waals surface area contributed by atoms with Crippen LogP contribution >= 0.6 is 23.2 Å². The summed E-state index contributed by atoms with van der Waals surface area (Å²) in [7, 11) is -3.53. The zero-order valence-corrected chi connectivity index (χ0v) is 20.2. The Labute approximate surface area is 203 Å². The van der Waals surface area contributed by atoms with Crippen LogP contribution in [-0.4, -0.2) is 41.3 Å². The number of carbonyl (C=O) groups is 1. The van der Waals surface area contributed by atoms with Gasteiger partial charge < -0.3 is 9.88 Å². The first kappa shape index (κ1) is 23.8. The van der Waals surface area contributed by atoms with Crippen molar-refractivity contribution >= 4 is 39.1 Å². The Kier molecular flexibility index (Phi) is 7.38. The highest BCUT2D eigenvalue weighted by Gasteiger charge is 2.31. The number of amides is 1. The van der Waals surface area contributed by atoms with Crippen molar-refractivity contribution in [1.82, 2.24) is 19.2 Å². The lowest BCUT2D eigenvalue weighted by atomic mass is 9.97. The Morgan fingerprint density at radius 2 is 1.82 bits per heavy atom. The largest absolute Gasteiger partial charge is 0.352 e. The Balaban J connectivity index is 1.27. The fraction of sp³-hybridized carbons (Fsp3) is 0.304. The summed E-state index contributed by atoms with van der Waals surface area (Å²) in [6.07, 6.45) is 6.29. The Bertz CT molecular complexity index is 1210. The molecular formula is C23H24Cl2N4O3S. The molecule has 0 aliphatic carbocycles. The zero-order chi connectivity index (χ0) is 23.4. The number of halogens is 2. The molecule has 7 nitrogen and oxygen atoms in total. The summed E-state index contributed by atoms with van der Waals surface area (Å²) >= 11 is 12.0. The summed E-state index contributed by atoms with van der Waals surface area (Å²) in [4.78, 5) is 16.7. The van der Waals surface area contributed by atoms with Crippen LogP contribution in [0.2, 0.25) is 10.0 Å². The minimum absolute atomic E-state index is 0.0496. The van der Waals surface area contributed by atoms with E-state index >= 15 is 0 Å². The first-order chi connectivity index (χ1) is 15.8. The predicted octanol–water partition coefficient (Wildman–Crippen LogP) is 4.04. The fourth-order valence-corrected chi connectivity index (χ4v) is 6.00. The maximum absolute atomic E-state index is 12.8. The monoisotopic (exact) mass is 506 g/mol. The van der Waals surface area contributed by atoms with E-state index in [4.69, 9.17) is 23.2 Å². The molecule has 2 heterocycles. The first-order valence-corrected chi connectivity index (χ1v) is 12.9. The molecule has 1 aliphatic rings. The van der Waals surface area contributed by atoms with Gasteiger partial charge in [-0.2, -0.15) is 0 Å². The van der Waals surface area contributed by atoms with Gasteiger partial charge in [0.05, 0.1) is 12.1 Å². The van der Waals surface area contributed by atoms with Gasteiger partial charge in [-0.15, -0.1) is 0 Å². The second kappa shape index (κ2) is 10.3. The number of nitrogens with one attached hydrogen (secondary N) is 1. The van der Waals surface area contributed by atoms with Crippen LogP contribution in [0.3, 0.4) is 0 Å². The van der Waals surface area contributed by atoms with Gasteiger partial charge in [-0.1, -0.05) is 41.4 Å². The summed E-state index contributed by atoms with van der Waals surface area (Å²) in [6, 6.07) is 12.7. The normalized spacial score (nSPS) is 15.5. The highest BCUT2D eigenvalue weighted by Crippen LogP contribution is 2.26. The van der Waals surface area contributed by atoms with Gasteiger partial charge in [-0.3, -0.25) is 4.79 Å². The van der Waals surface area contributed by atoms with Crippen molar-refractivity contribution in [1.29, 1.82) is 0 Å². The third-order valence-corrected chi connectivity index (χ3v) is 8.19. The third-order valence-electron chi connectivity index (χ3n) is 5.78. The van der Waals surface area contributed by atoms with E-state index < -0.39 is 10.0 Å². The maximum Gasteiger partial charge on any atom is 0.223 e. The average molecular weight is 507 g/mol. The van der Waals surface area contributed by atoms with Crippen LogP contribution in [-0.2, 0) is 27.1 Å². The second-order valence-corrected chi connectivity index (χ2v) is 10.8. The van der Waals surface area contributed by atoms with Gasteiger partial charge in [0.1, 0.15) is 0 Å². The molecule has 174 valence electrons. The van der Waals surface area contributed by atoms with Crippen molar-refractivity contribution in [2.75, 3.05) is 13.1 Å². The third kappa shape index (κ3) is 5.95. The number of nitrogens with zero attached hydrogens (tertiary/aromatic N) is 3. The highest BCUT2D eigenvalue weighted by molar-refractivity contribution is 7.88. The Hall–Kier alpha value is -2.39. The zero-order valence-electron chi connectivity index (χ0n) is 17.8. The van der Waals surface area contributed by atoms with Crippen LogP contribution < -0.4 is 5.32 Å². The van der Waals surface area contributed by atoms with E-state index in [-0.39, 0.29) is 17.6 Å². The van der Waals surface area contributed by atoms with E-state index in [1.165, 1.54) is 10.4 Å². The van der Waals surface area contributed by atoms with Crippen LogP contribution in [0.1, 0.15) is 24.0 Å². The van der Waals surface area contributed by atoms with E-state index in [2.05, 4.69) is 10.3 Å². The standard InChI is InChI=1S/C23H24Cl2N4O3S/c24-20-4-3-19(22(25)13-20)15-33(31,32)29-10-7-18(8-11-29)23(30)27-14-17-1-5-21(6-2-17)28-12-9-26-16-28/h1-6,9,12-13,16,18H,7-8,10-11,14-15H2,(H,27,30). The molecule has 3 aromatic rings. The van der Waals surface area contributed by atoms with Gasteiger partial charge >= 0.3 is 0 Å². The first-order valence-electron chi connectivity index (χ1n) is 10.6. The molecule has 1 aliphatic heterocycles. The molecule has 10 heteroatoms. The quantitative estimate of drug-likeness (QED) is 0.523. The summed E-state index contributed by atoms with van der Waals surface area (Å²) < 4.78 is 29.0. The van der Waals surface area contributed by atoms with Crippen LogP contribution in [0.5, 0.6) is 0 Å². The van der Waals surface area contributed by atoms with E-state index in [0.29, 0.717) is 48.1 Å². The van der Waals surface area contributed by atoms with E-state index in [9.17, 15) is 13.2 Å². The van der Waals surface area contributed by atoms with Crippen LogP contribution in [0, 0.1) is 5.92 Å². The molecule has 1 saturated heterocycles. The highest BCUT2D eigenvalue weighted by atomic mass is 35.5. The molecule has 0 spiro atoms. The molecule has 0 bridgehead atoms. The molecule has 33 heavy (non-hydrogen) atoms. The SMILES string of the molecule is O=C(NCc1ccc(-n2ccnc2)cc1)C1CCN(S(=O)(=O)Cc2ccc(Cl)cc2Cl)CC1. The molecular weight excluding hydrogens is 483 g/mol. The lowest BCUT2D eigenvalue weighted by molar-refractivity contribution is -0.126. The van der Waals surface area contributed by atoms with Gasteiger partial charge in [0.2, 0.25) is 15.9 Å². The van der Waals surface area contributed by atoms with Crippen molar-refractivity contribution in [3.63, 3.8) is 0 Å². The summed E-state index contributed by atoms with van der Waals surface area (Å²) in [5, 5.41) is 3.77. The minimum atomic E-state index is -3.53. The minimum Gasteiger partial charge on any atom is -0.352 e.